The molecule has 0 amide bonds. The molecule has 0 radical (unpaired) electrons. The fourth-order valence-corrected chi connectivity index (χ4v) is 2.52. The Balaban J connectivity index is 1.65. The van der Waals surface area contributed by atoms with Gasteiger partial charge in [0.2, 0.25) is 0 Å². The Bertz CT molecular complexity index is 752. The van der Waals surface area contributed by atoms with E-state index < -0.39 is 17.7 Å². The van der Waals surface area contributed by atoms with Crippen LogP contribution in [0, 0.1) is 0 Å². The van der Waals surface area contributed by atoms with Crippen LogP contribution in [0.25, 0.3) is 0 Å². The predicted molar refractivity (Wildman–Crippen MR) is 82.7 cm³/mol. The van der Waals surface area contributed by atoms with Gasteiger partial charge in [-0.2, -0.15) is 13.2 Å². The molecule has 124 valence electrons. The van der Waals surface area contributed by atoms with Gasteiger partial charge in [-0.1, -0.05) is 35.5 Å². The maximum absolute atomic E-state index is 12.5. The number of alkyl halides is 3. The molecule has 1 aliphatic rings. The monoisotopic (exact) mass is 333 g/mol. The molecule has 0 bridgehead atoms. The molecule has 0 aliphatic heterocycles. The molecular formula is C18H14F3NO2. The minimum atomic E-state index is -4.43. The summed E-state index contributed by atoms with van der Waals surface area (Å²) in [5, 5.41) is 3.88. The summed E-state index contributed by atoms with van der Waals surface area (Å²) in [7, 11) is 0. The second-order valence-electron chi connectivity index (χ2n) is 5.54. The second kappa shape index (κ2) is 6.47. The largest absolute Gasteiger partial charge is 0.416 e. The molecule has 1 fully saturated rings. The van der Waals surface area contributed by atoms with Gasteiger partial charge in [0.05, 0.1) is 16.8 Å². The minimum absolute atomic E-state index is 0.0305. The van der Waals surface area contributed by atoms with E-state index in [4.69, 9.17) is 4.84 Å². The lowest BCUT2D eigenvalue weighted by molar-refractivity contribution is -0.137. The average molecular weight is 333 g/mol. The van der Waals surface area contributed by atoms with Crippen molar-refractivity contribution in [2.45, 2.75) is 24.9 Å². The smallest absolute Gasteiger partial charge is 0.313 e. The molecule has 2 aromatic carbocycles. The summed E-state index contributed by atoms with van der Waals surface area (Å²) in [6.07, 6.45) is -2.77. The number of carbonyl (C=O) groups excluding carboxylic acids is 1. The molecule has 3 nitrogen and oxygen atoms in total. The van der Waals surface area contributed by atoms with Crippen LogP contribution in [0.3, 0.4) is 0 Å². The molecule has 1 unspecified atom stereocenters. The summed E-state index contributed by atoms with van der Waals surface area (Å²) in [4.78, 5) is 16.8. The van der Waals surface area contributed by atoms with Crippen LogP contribution in [0.5, 0.6) is 0 Å². The third kappa shape index (κ3) is 3.48. The number of nitrogens with zero attached hydrogens (tertiary/aromatic N) is 1. The fourth-order valence-electron chi connectivity index (χ4n) is 2.52. The van der Waals surface area contributed by atoms with Gasteiger partial charge >= 0.3 is 12.1 Å². The molecule has 0 heterocycles. The molecule has 6 heteroatoms. The zero-order valence-electron chi connectivity index (χ0n) is 12.6. The minimum Gasteiger partial charge on any atom is -0.313 e. The van der Waals surface area contributed by atoms with Gasteiger partial charge in [-0.3, -0.25) is 0 Å². The van der Waals surface area contributed by atoms with Gasteiger partial charge in [-0.25, -0.2) is 4.79 Å². The third-order valence-electron chi connectivity index (χ3n) is 3.99. The molecule has 1 aliphatic carbocycles. The normalized spacial score (nSPS) is 19.0. The van der Waals surface area contributed by atoms with Gasteiger partial charge in [-0.15, -0.1) is 0 Å². The number of carbonyl (C=O) groups is 1. The van der Waals surface area contributed by atoms with Crippen LogP contribution in [0.15, 0.2) is 59.8 Å². The van der Waals surface area contributed by atoms with Crippen LogP contribution in [-0.4, -0.2) is 11.7 Å². The SMILES string of the molecule is O=C(O/N=C1\CCC1c1ccccc1)c1ccc(C(F)(F)F)cc1. The van der Waals surface area contributed by atoms with Gasteiger partial charge in [0.15, 0.2) is 0 Å². The Morgan fingerprint density at radius 3 is 2.25 bits per heavy atom. The average Bonchev–Trinajstić information content (AvgIpc) is 2.54. The van der Waals surface area contributed by atoms with E-state index in [1.807, 2.05) is 30.3 Å². The first kappa shape index (κ1) is 16.2. The molecular weight excluding hydrogens is 319 g/mol. The Labute approximate surface area is 136 Å². The summed E-state index contributed by atoms with van der Waals surface area (Å²) < 4.78 is 37.5. The van der Waals surface area contributed by atoms with Crippen LogP contribution < -0.4 is 0 Å². The highest BCUT2D eigenvalue weighted by Crippen LogP contribution is 2.34. The third-order valence-corrected chi connectivity index (χ3v) is 3.99. The number of benzene rings is 2. The standard InChI is InChI=1S/C18H14F3NO2/c19-18(20,21)14-8-6-13(7-9-14)17(23)24-22-16-11-10-15(16)12-4-2-1-3-5-12/h1-9,15H,10-11H2/b22-16+. The van der Waals surface area contributed by atoms with Crippen LogP contribution in [-0.2, 0) is 11.0 Å². The van der Waals surface area contributed by atoms with E-state index in [-0.39, 0.29) is 11.5 Å². The van der Waals surface area contributed by atoms with Crippen molar-refractivity contribution in [1.29, 1.82) is 0 Å². The first-order valence-electron chi connectivity index (χ1n) is 7.45. The van der Waals surface area contributed by atoms with Crippen LogP contribution in [0.4, 0.5) is 13.2 Å². The lowest BCUT2D eigenvalue weighted by Gasteiger charge is -2.27. The van der Waals surface area contributed by atoms with Crippen molar-refractivity contribution >= 4 is 11.7 Å². The summed E-state index contributed by atoms with van der Waals surface area (Å²) in [5.41, 5.74) is 1.09. The topological polar surface area (TPSA) is 38.7 Å². The van der Waals surface area contributed by atoms with Crippen LogP contribution >= 0.6 is 0 Å². The van der Waals surface area contributed by atoms with E-state index in [0.717, 1.165) is 48.4 Å². The van der Waals surface area contributed by atoms with Crippen molar-refractivity contribution in [3.8, 4) is 0 Å². The van der Waals surface area contributed by atoms with Gasteiger partial charge in [-0.05, 0) is 42.7 Å². The summed E-state index contributed by atoms with van der Waals surface area (Å²) in [6.45, 7) is 0. The van der Waals surface area contributed by atoms with Crippen molar-refractivity contribution in [2.75, 3.05) is 0 Å². The number of halogens is 3. The molecule has 2 aromatic rings. The van der Waals surface area contributed by atoms with Crippen molar-refractivity contribution < 1.29 is 22.8 Å². The molecule has 0 aromatic heterocycles. The van der Waals surface area contributed by atoms with E-state index in [9.17, 15) is 18.0 Å². The zero-order valence-corrected chi connectivity index (χ0v) is 12.6. The van der Waals surface area contributed by atoms with E-state index in [2.05, 4.69) is 5.16 Å². The number of hydrogen-bond donors (Lipinski definition) is 0. The van der Waals surface area contributed by atoms with Gasteiger partial charge in [0.1, 0.15) is 0 Å². The summed E-state index contributed by atoms with van der Waals surface area (Å²) in [6, 6.07) is 13.6. The summed E-state index contributed by atoms with van der Waals surface area (Å²) in [5.74, 6) is -0.637. The van der Waals surface area contributed by atoms with E-state index in [1.54, 1.807) is 0 Å². The predicted octanol–water partition coefficient (Wildman–Crippen LogP) is 4.80. The van der Waals surface area contributed by atoms with Gasteiger partial charge in [0, 0.05) is 5.92 Å². The maximum atomic E-state index is 12.5. The quantitative estimate of drug-likeness (QED) is 0.598. The van der Waals surface area contributed by atoms with Gasteiger partial charge < -0.3 is 4.84 Å². The van der Waals surface area contributed by atoms with E-state index in [1.165, 1.54) is 0 Å². The van der Waals surface area contributed by atoms with Crippen LogP contribution in [0.2, 0.25) is 0 Å². The Morgan fingerprint density at radius 2 is 1.71 bits per heavy atom. The summed E-state index contributed by atoms with van der Waals surface area (Å²) >= 11 is 0. The zero-order chi connectivity index (χ0) is 17.2. The molecule has 0 saturated heterocycles. The maximum Gasteiger partial charge on any atom is 0.416 e. The Hall–Kier alpha value is -2.63. The number of hydrogen-bond acceptors (Lipinski definition) is 3. The molecule has 3 rings (SSSR count). The molecule has 1 atom stereocenters. The van der Waals surface area contributed by atoms with E-state index in [0.29, 0.717) is 0 Å². The van der Waals surface area contributed by atoms with Crippen molar-refractivity contribution in [3.05, 3.63) is 71.3 Å². The highest BCUT2D eigenvalue weighted by molar-refractivity contribution is 5.97. The van der Waals surface area contributed by atoms with Crippen LogP contribution in [0.1, 0.15) is 40.2 Å². The number of rotatable bonds is 3. The fraction of sp³-hybridized carbons (Fsp3) is 0.222. The second-order valence-corrected chi connectivity index (χ2v) is 5.54. The molecule has 0 N–H and O–H groups in total. The first-order valence-corrected chi connectivity index (χ1v) is 7.45. The highest BCUT2D eigenvalue weighted by Gasteiger charge is 2.31. The van der Waals surface area contributed by atoms with Crippen molar-refractivity contribution in [2.24, 2.45) is 5.16 Å². The Morgan fingerprint density at radius 1 is 1.04 bits per heavy atom. The van der Waals surface area contributed by atoms with Gasteiger partial charge in [0.25, 0.3) is 0 Å². The number of oxime groups is 1. The highest BCUT2D eigenvalue weighted by atomic mass is 19.4. The lowest BCUT2D eigenvalue weighted by atomic mass is 9.78. The van der Waals surface area contributed by atoms with Crippen molar-refractivity contribution in [1.82, 2.24) is 0 Å². The van der Waals surface area contributed by atoms with E-state index >= 15 is 0 Å². The molecule has 1 saturated carbocycles. The molecule has 0 spiro atoms. The lowest BCUT2D eigenvalue weighted by Crippen LogP contribution is -2.24. The first-order chi connectivity index (χ1) is 11.4. The molecule has 24 heavy (non-hydrogen) atoms. The van der Waals surface area contributed by atoms with Crippen molar-refractivity contribution in [3.63, 3.8) is 0 Å². The Kier molecular flexibility index (Phi) is 4.38.